The zero-order chi connectivity index (χ0) is 12.2. The van der Waals surface area contributed by atoms with E-state index in [9.17, 15) is 8.42 Å². The Morgan fingerprint density at radius 2 is 2.19 bits per heavy atom. The largest absolute Gasteiger partial charge is 0.394 e. The molecule has 5 nitrogen and oxygen atoms in total. The molecule has 0 saturated carbocycles. The number of morpholine rings is 1. The number of rotatable bonds is 5. The van der Waals surface area contributed by atoms with Gasteiger partial charge in [0.2, 0.25) is 10.0 Å². The van der Waals surface area contributed by atoms with E-state index in [1.54, 1.807) is 0 Å². The number of hydrogen-bond acceptors (Lipinski definition) is 4. The van der Waals surface area contributed by atoms with Crippen LogP contribution in [0.2, 0.25) is 0 Å². The van der Waals surface area contributed by atoms with Crippen LogP contribution in [0.5, 0.6) is 0 Å². The molecule has 0 aliphatic carbocycles. The van der Waals surface area contributed by atoms with Crippen LogP contribution in [0.1, 0.15) is 26.7 Å². The monoisotopic (exact) mass is 251 g/mol. The summed E-state index contributed by atoms with van der Waals surface area (Å²) in [5, 5.41) is 8.99. The molecule has 1 aliphatic heterocycles. The van der Waals surface area contributed by atoms with Gasteiger partial charge in [-0.25, -0.2) is 8.42 Å². The lowest BCUT2D eigenvalue weighted by molar-refractivity contribution is -0.0516. The first-order valence-corrected chi connectivity index (χ1v) is 7.34. The smallest absolute Gasteiger partial charge is 0.214 e. The normalized spacial score (nSPS) is 28.2. The molecule has 0 aromatic carbocycles. The van der Waals surface area contributed by atoms with E-state index >= 15 is 0 Å². The Morgan fingerprint density at radius 1 is 1.50 bits per heavy atom. The van der Waals surface area contributed by atoms with E-state index in [-0.39, 0.29) is 31.1 Å². The van der Waals surface area contributed by atoms with E-state index in [1.165, 1.54) is 4.31 Å². The second-order valence-electron chi connectivity index (χ2n) is 4.23. The van der Waals surface area contributed by atoms with Gasteiger partial charge in [0.05, 0.1) is 25.1 Å². The van der Waals surface area contributed by atoms with Crippen molar-refractivity contribution in [3.63, 3.8) is 0 Å². The Balaban J connectivity index is 2.68. The highest BCUT2D eigenvalue weighted by Crippen LogP contribution is 2.17. The van der Waals surface area contributed by atoms with Crippen LogP contribution in [-0.4, -0.2) is 55.5 Å². The van der Waals surface area contributed by atoms with E-state index in [0.29, 0.717) is 13.0 Å². The fraction of sp³-hybridized carbons (Fsp3) is 1.00. The lowest BCUT2D eigenvalue weighted by Crippen LogP contribution is -2.52. The van der Waals surface area contributed by atoms with Crippen molar-refractivity contribution in [1.29, 1.82) is 0 Å². The van der Waals surface area contributed by atoms with Gasteiger partial charge in [0.15, 0.2) is 0 Å². The Morgan fingerprint density at radius 3 is 2.75 bits per heavy atom. The number of hydrogen-bond donors (Lipinski definition) is 1. The maximum absolute atomic E-state index is 12.0. The van der Waals surface area contributed by atoms with Gasteiger partial charge in [-0.15, -0.1) is 0 Å². The summed E-state index contributed by atoms with van der Waals surface area (Å²) < 4.78 is 30.8. The molecule has 0 spiro atoms. The van der Waals surface area contributed by atoms with Crippen molar-refractivity contribution in [2.75, 3.05) is 25.5 Å². The van der Waals surface area contributed by atoms with Gasteiger partial charge in [0.1, 0.15) is 0 Å². The van der Waals surface area contributed by atoms with Crippen LogP contribution in [0.4, 0.5) is 0 Å². The summed E-state index contributed by atoms with van der Waals surface area (Å²) in [4.78, 5) is 0. The number of aliphatic hydroxyl groups is 1. The van der Waals surface area contributed by atoms with E-state index in [4.69, 9.17) is 9.84 Å². The highest BCUT2D eigenvalue weighted by Gasteiger charge is 2.33. The van der Waals surface area contributed by atoms with Crippen molar-refractivity contribution < 1.29 is 18.3 Å². The average Bonchev–Trinajstić information content (AvgIpc) is 2.27. The minimum Gasteiger partial charge on any atom is -0.394 e. The maximum Gasteiger partial charge on any atom is 0.214 e. The van der Waals surface area contributed by atoms with E-state index in [1.807, 2.05) is 13.8 Å². The summed E-state index contributed by atoms with van der Waals surface area (Å²) in [5.41, 5.74) is 0. The second kappa shape index (κ2) is 5.95. The van der Waals surface area contributed by atoms with Gasteiger partial charge in [-0.05, 0) is 13.3 Å². The number of ether oxygens (including phenoxy) is 1. The summed E-state index contributed by atoms with van der Waals surface area (Å²) in [5.74, 6) is 0.186. The molecule has 16 heavy (non-hydrogen) atoms. The predicted molar refractivity (Wildman–Crippen MR) is 61.7 cm³/mol. The maximum atomic E-state index is 12.0. The van der Waals surface area contributed by atoms with E-state index in [2.05, 4.69) is 0 Å². The summed E-state index contributed by atoms with van der Waals surface area (Å²) >= 11 is 0. The standard InChI is InChI=1S/C10H21NO4S/c1-3-4-5-16(13,14)11-6-10(7-12)15-8-9(11)2/h9-10,12H,3-8H2,1-2H3. The Bertz CT molecular complexity index is 304. The molecule has 0 aromatic rings. The molecule has 1 fully saturated rings. The van der Waals surface area contributed by atoms with Gasteiger partial charge >= 0.3 is 0 Å². The first-order chi connectivity index (χ1) is 7.51. The van der Waals surface area contributed by atoms with Crippen LogP contribution < -0.4 is 0 Å². The summed E-state index contributed by atoms with van der Waals surface area (Å²) in [7, 11) is -3.20. The zero-order valence-corrected chi connectivity index (χ0v) is 10.7. The molecule has 0 amide bonds. The van der Waals surface area contributed by atoms with E-state index < -0.39 is 10.0 Å². The van der Waals surface area contributed by atoms with Gasteiger partial charge < -0.3 is 9.84 Å². The zero-order valence-electron chi connectivity index (χ0n) is 9.92. The lowest BCUT2D eigenvalue weighted by atomic mass is 10.2. The number of sulfonamides is 1. The highest BCUT2D eigenvalue weighted by atomic mass is 32.2. The topological polar surface area (TPSA) is 66.8 Å². The fourth-order valence-electron chi connectivity index (χ4n) is 1.73. The fourth-order valence-corrected chi connectivity index (χ4v) is 3.62. The molecule has 2 atom stereocenters. The van der Waals surface area contributed by atoms with Crippen molar-refractivity contribution in [3.05, 3.63) is 0 Å². The van der Waals surface area contributed by atoms with Crippen molar-refractivity contribution in [2.45, 2.75) is 38.8 Å². The van der Waals surface area contributed by atoms with Crippen LogP contribution in [0, 0.1) is 0 Å². The average molecular weight is 251 g/mol. The van der Waals surface area contributed by atoms with Crippen LogP contribution in [0.25, 0.3) is 0 Å². The van der Waals surface area contributed by atoms with Gasteiger partial charge in [-0.1, -0.05) is 13.3 Å². The van der Waals surface area contributed by atoms with Gasteiger partial charge in [0.25, 0.3) is 0 Å². The number of aliphatic hydroxyl groups excluding tert-OH is 1. The lowest BCUT2D eigenvalue weighted by Gasteiger charge is -2.36. The minimum absolute atomic E-state index is 0.132. The number of nitrogens with zero attached hydrogens (tertiary/aromatic N) is 1. The summed E-state index contributed by atoms with van der Waals surface area (Å²) in [6, 6.07) is -0.135. The molecular formula is C10H21NO4S. The van der Waals surface area contributed by atoms with Gasteiger partial charge in [-0.3, -0.25) is 0 Å². The summed E-state index contributed by atoms with van der Waals surface area (Å²) in [6.45, 7) is 4.29. The molecule has 6 heteroatoms. The van der Waals surface area contributed by atoms with Crippen LogP contribution >= 0.6 is 0 Å². The van der Waals surface area contributed by atoms with Crippen molar-refractivity contribution >= 4 is 10.0 Å². The summed E-state index contributed by atoms with van der Waals surface area (Å²) in [6.07, 6.45) is 1.16. The Kier molecular flexibility index (Phi) is 5.17. The third kappa shape index (κ3) is 3.41. The SMILES string of the molecule is CCCCS(=O)(=O)N1CC(CO)OCC1C. The van der Waals surface area contributed by atoms with Crippen molar-refractivity contribution in [2.24, 2.45) is 0 Å². The molecular weight excluding hydrogens is 230 g/mol. The molecule has 1 rings (SSSR count). The first-order valence-electron chi connectivity index (χ1n) is 5.73. The number of unbranched alkanes of at least 4 members (excludes halogenated alkanes) is 1. The molecule has 1 aliphatic rings. The molecule has 2 unspecified atom stereocenters. The van der Waals surface area contributed by atoms with Crippen LogP contribution in [-0.2, 0) is 14.8 Å². The minimum atomic E-state index is -3.20. The van der Waals surface area contributed by atoms with Crippen molar-refractivity contribution in [3.8, 4) is 0 Å². The van der Waals surface area contributed by atoms with Gasteiger partial charge in [-0.2, -0.15) is 4.31 Å². The van der Waals surface area contributed by atoms with Crippen molar-refractivity contribution in [1.82, 2.24) is 4.31 Å². The Labute approximate surface area is 97.4 Å². The van der Waals surface area contributed by atoms with Gasteiger partial charge in [0, 0.05) is 12.6 Å². The van der Waals surface area contributed by atoms with Crippen LogP contribution in [0.3, 0.4) is 0 Å². The molecule has 1 saturated heterocycles. The highest BCUT2D eigenvalue weighted by molar-refractivity contribution is 7.89. The molecule has 1 heterocycles. The third-order valence-electron chi connectivity index (χ3n) is 2.77. The molecule has 1 N–H and O–H groups in total. The molecule has 0 aromatic heterocycles. The molecule has 0 bridgehead atoms. The predicted octanol–water partition coefficient (Wildman–Crippen LogP) is 0.198. The van der Waals surface area contributed by atoms with Crippen LogP contribution in [0.15, 0.2) is 0 Å². The molecule has 0 radical (unpaired) electrons. The third-order valence-corrected chi connectivity index (χ3v) is 4.79. The van der Waals surface area contributed by atoms with E-state index in [0.717, 1.165) is 6.42 Å². The second-order valence-corrected chi connectivity index (χ2v) is 6.27. The quantitative estimate of drug-likeness (QED) is 0.758. The first kappa shape index (κ1) is 13.9. The Hall–Kier alpha value is -0.170. The molecule has 96 valence electrons.